The summed E-state index contributed by atoms with van der Waals surface area (Å²) >= 11 is -2.56. The highest BCUT2D eigenvalue weighted by molar-refractivity contribution is 7.74. The molecule has 0 amide bonds. The van der Waals surface area contributed by atoms with Crippen LogP contribution in [0.2, 0.25) is 0 Å². The third-order valence-corrected chi connectivity index (χ3v) is 4.69. The second-order valence-corrected chi connectivity index (χ2v) is 6.37. The van der Waals surface area contributed by atoms with Crippen molar-refractivity contribution in [2.24, 2.45) is 11.8 Å². The topological polar surface area (TPSA) is 75.7 Å². The molecule has 1 aromatic rings. The monoisotopic (exact) mass is 325 g/mol. The Labute approximate surface area is 133 Å². The molecule has 2 unspecified atom stereocenters. The lowest BCUT2D eigenvalue weighted by Gasteiger charge is -2.33. The van der Waals surface area contributed by atoms with Crippen molar-refractivity contribution < 1.29 is 22.5 Å². The minimum absolute atomic E-state index is 0.0847. The molecule has 0 bridgehead atoms. The molecule has 22 heavy (non-hydrogen) atoms. The molecule has 0 aliphatic heterocycles. The molecule has 0 radical (unpaired) electrons. The van der Waals surface area contributed by atoms with Crippen molar-refractivity contribution in [3.8, 4) is 0 Å². The highest BCUT2D eigenvalue weighted by Gasteiger charge is 2.32. The van der Waals surface area contributed by atoms with E-state index >= 15 is 0 Å². The van der Waals surface area contributed by atoms with E-state index in [1.807, 2.05) is 31.2 Å². The van der Waals surface area contributed by atoms with Crippen LogP contribution in [0.4, 0.5) is 0 Å². The first-order valence-electron chi connectivity index (χ1n) is 7.42. The van der Waals surface area contributed by atoms with Gasteiger partial charge in [0, 0.05) is 0 Å². The summed E-state index contributed by atoms with van der Waals surface area (Å²) in [5.41, 5.74) is 1.97. The summed E-state index contributed by atoms with van der Waals surface area (Å²) < 4.78 is 31.9. The largest absolute Gasteiger partial charge is 0.750 e. The van der Waals surface area contributed by atoms with E-state index in [0.717, 1.165) is 24.0 Å². The molecular weight excluding hydrogens is 304 g/mol. The van der Waals surface area contributed by atoms with Gasteiger partial charge < -0.3 is 9.29 Å². The zero-order valence-electron chi connectivity index (χ0n) is 12.8. The predicted octanol–water partition coefficient (Wildman–Crippen LogP) is 2.83. The first kappa shape index (κ1) is 17.1. The number of carbonyl (C=O) groups is 1. The summed E-state index contributed by atoms with van der Waals surface area (Å²) in [6.45, 7) is 1.98. The van der Waals surface area contributed by atoms with Crippen molar-refractivity contribution in [1.82, 2.24) is 0 Å². The van der Waals surface area contributed by atoms with Crippen molar-refractivity contribution in [1.29, 1.82) is 0 Å². The quantitative estimate of drug-likeness (QED) is 0.614. The second kappa shape index (κ2) is 7.85. The van der Waals surface area contributed by atoms with Crippen molar-refractivity contribution in [2.45, 2.75) is 38.7 Å². The number of hydrogen-bond donors (Lipinski definition) is 0. The normalized spacial score (nSPS) is 24.5. The van der Waals surface area contributed by atoms with E-state index in [2.05, 4.69) is 0 Å². The van der Waals surface area contributed by atoms with Crippen LogP contribution >= 0.6 is 0 Å². The number of rotatable bonds is 5. The predicted molar refractivity (Wildman–Crippen MR) is 81.4 cm³/mol. The maximum Gasteiger partial charge on any atom is 0.308 e. The van der Waals surface area contributed by atoms with Gasteiger partial charge >= 0.3 is 5.97 Å². The summed E-state index contributed by atoms with van der Waals surface area (Å²) in [5.74, 6) is -0.183. The molecule has 1 fully saturated rings. The van der Waals surface area contributed by atoms with Gasteiger partial charge in [0.15, 0.2) is 0 Å². The molecule has 0 heterocycles. The summed E-state index contributed by atoms with van der Waals surface area (Å²) in [6, 6.07) is 7.69. The fraction of sp³-hybridized carbons (Fsp3) is 0.562. The van der Waals surface area contributed by atoms with Crippen LogP contribution < -0.4 is 0 Å². The van der Waals surface area contributed by atoms with Crippen molar-refractivity contribution >= 4 is 17.3 Å². The molecule has 0 aromatic heterocycles. The standard InChI is InChI=1S/C16H22O5S/c1-11-3-5-12(6-4-11)15(21-22(18)19)13-7-9-14(10-8-13)16(17)20-2/h3-6,13-15H,7-10H2,1-2H3,(H,18,19)/p-1. The minimum atomic E-state index is -2.56. The van der Waals surface area contributed by atoms with Crippen LogP contribution in [0.5, 0.6) is 0 Å². The van der Waals surface area contributed by atoms with Gasteiger partial charge in [-0.25, -0.2) is 4.21 Å². The number of ether oxygens (including phenoxy) is 1. The number of esters is 1. The van der Waals surface area contributed by atoms with Crippen LogP contribution in [-0.4, -0.2) is 21.8 Å². The number of methoxy groups -OCH3 is 1. The SMILES string of the molecule is COC(=O)C1CCC(C(OS(=O)[O-])c2ccc(C)cc2)CC1. The zero-order chi connectivity index (χ0) is 16.1. The Balaban J connectivity index is 2.09. The fourth-order valence-electron chi connectivity index (χ4n) is 3.07. The molecule has 1 aliphatic carbocycles. The van der Waals surface area contributed by atoms with Crippen LogP contribution in [-0.2, 0) is 25.1 Å². The van der Waals surface area contributed by atoms with Gasteiger partial charge in [0.2, 0.25) is 0 Å². The van der Waals surface area contributed by atoms with Gasteiger partial charge in [0.05, 0.1) is 24.4 Å². The molecule has 6 heteroatoms. The molecule has 1 aromatic carbocycles. The van der Waals surface area contributed by atoms with E-state index in [9.17, 15) is 13.6 Å². The van der Waals surface area contributed by atoms with E-state index in [0.29, 0.717) is 12.8 Å². The molecule has 0 N–H and O–H groups in total. The van der Waals surface area contributed by atoms with Crippen molar-refractivity contribution in [3.63, 3.8) is 0 Å². The number of carbonyl (C=O) groups excluding carboxylic acids is 1. The van der Waals surface area contributed by atoms with Crippen LogP contribution in [0.15, 0.2) is 24.3 Å². The van der Waals surface area contributed by atoms with Crippen LogP contribution in [0.3, 0.4) is 0 Å². The van der Waals surface area contributed by atoms with Gasteiger partial charge in [0.25, 0.3) is 0 Å². The Kier molecular flexibility index (Phi) is 6.11. The Morgan fingerprint density at radius 2 is 1.82 bits per heavy atom. The second-order valence-electron chi connectivity index (χ2n) is 5.77. The summed E-state index contributed by atoms with van der Waals surface area (Å²) in [5, 5.41) is 0. The molecule has 122 valence electrons. The van der Waals surface area contributed by atoms with Crippen LogP contribution in [0.25, 0.3) is 0 Å². The molecule has 0 spiro atoms. The average Bonchev–Trinajstić information content (AvgIpc) is 2.53. The number of hydrogen-bond acceptors (Lipinski definition) is 5. The molecule has 1 saturated carbocycles. The molecule has 0 saturated heterocycles. The van der Waals surface area contributed by atoms with Crippen LogP contribution in [0.1, 0.15) is 42.9 Å². The third-order valence-electron chi connectivity index (χ3n) is 4.32. The molecule has 5 nitrogen and oxygen atoms in total. The maximum atomic E-state index is 11.6. The van der Waals surface area contributed by atoms with E-state index < -0.39 is 17.5 Å². The van der Waals surface area contributed by atoms with Gasteiger partial charge in [-0.15, -0.1) is 0 Å². The van der Waals surface area contributed by atoms with E-state index in [4.69, 9.17) is 8.92 Å². The Hall–Kier alpha value is -1.24. The Bertz CT molecular complexity index is 520. The summed E-state index contributed by atoms with van der Waals surface area (Å²) in [7, 11) is 1.40. The molecular formula is C16H21O5S-. The minimum Gasteiger partial charge on any atom is -0.750 e. The lowest BCUT2D eigenvalue weighted by atomic mass is 9.78. The van der Waals surface area contributed by atoms with Gasteiger partial charge in [-0.3, -0.25) is 8.98 Å². The van der Waals surface area contributed by atoms with Crippen molar-refractivity contribution in [3.05, 3.63) is 35.4 Å². The van der Waals surface area contributed by atoms with Crippen LogP contribution in [0, 0.1) is 18.8 Å². The maximum absolute atomic E-state index is 11.6. The first-order chi connectivity index (χ1) is 10.5. The van der Waals surface area contributed by atoms with E-state index in [1.165, 1.54) is 7.11 Å². The smallest absolute Gasteiger partial charge is 0.308 e. The van der Waals surface area contributed by atoms with Gasteiger partial charge in [0.1, 0.15) is 6.10 Å². The highest BCUT2D eigenvalue weighted by atomic mass is 32.2. The number of benzene rings is 1. The van der Waals surface area contributed by atoms with E-state index in [-0.39, 0.29) is 17.8 Å². The lowest BCUT2D eigenvalue weighted by molar-refractivity contribution is -0.147. The molecule has 2 rings (SSSR count). The summed E-state index contributed by atoms with van der Waals surface area (Å²) in [6.07, 6.45) is 2.41. The van der Waals surface area contributed by atoms with E-state index in [1.54, 1.807) is 0 Å². The highest BCUT2D eigenvalue weighted by Crippen LogP contribution is 2.39. The number of aryl methyl sites for hydroxylation is 1. The Morgan fingerprint density at radius 3 is 2.32 bits per heavy atom. The first-order valence-corrected chi connectivity index (χ1v) is 8.42. The lowest BCUT2D eigenvalue weighted by Crippen LogP contribution is -2.27. The van der Waals surface area contributed by atoms with Gasteiger partial charge in [-0.1, -0.05) is 29.8 Å². The van der Waals surface area contributed by atoms with Crippen molar-refractivity contribution in [2.75, 3.05) is 7.11 Å². The zero-order valence-corrected chi connectivity index (χ0v) is 13.6. The van der Waals surface area contributed by atoms with Gasteiger partial charge in [-0.05, 0) is 44.1 Å². The average molecular weight is 325 g/mol. The fourth-order valence-corrected chi connectivity index (χ4v) is 3.51. The summed E-state index contributed by atoms with van der Waals surface area (Å²) in [4.78, 5) is 11.6. The van der Waals surface area contributed by atoms with Gasteiger partial charge in [-0.2, -0.15) is 0 Å². The molecule has 1 aliphatic rings. The third kappa shape index (κ3) is 4.38. The Morgan fingerprint density at radius 1 is 1.23 bits per heavy atom. The molecule has 2 atom stereocenters.